The van der Waals surface area contributed by atoms with Gasteiger partial charge in [-0.25, -0.2) is 0 Å². The van der Waals surface area contributed by atoms with Crippen LogP contribution in [0.4, 0.5) is 5.69 Å². The Kier molecular flexibility index (Phi) is 3.70. The summed E-state index contributed by atoms with van der Waals surface area (Å²) in [6.07, 6.45) is 4.02. The van der Waals surface area contributed by atoms with Gasteiger partial charge in [0.1, 0.15) is 0 Å². The van der Waals surface area contributed by atoms with E-state index in [-0.39, 0.29) is 11.9 Å². The molecule has 1 atom stereocenters. The molecular formula is C11H20N4O. The number of nitrogens with one attached hydrogen (secondary N) is 1. The Labute approximate surface area is 96.0 Å². The average molecular weight is 224 g/mol. The molecule has 1 amide bonds. The zero-order chi connectivity index (χ0) is 12.3. The van der Waals surface area contributed by atoms with Gasteiger partial charge in [-0.3, -0.25) is 9.48 Å². The standard InChI is InChI=1S/C11H20N4O/c1-5-11(4,12)10(16)14-9-6-13-15(7-9)8(2)3/h6-8H,5,12H2,1-4H3,(H,14,16). The van der Waals surface area contributed by atoms with Gasteiger partial charge in [0.25, 0.3) is 0 Å². The molecule has 0 bridgehead atoms. The SMILES string of the molecule is CCC(C)(N)C(=O)Nc1cnn(C(C)C)c1. The van der Waals surface area contributed by atoms with E-state index in [4.69, 9.17) is 5.73 Å². The molecule has 0 saturated heterocycles. The summed E-state index contributed by atoms with van der Waals surface area (Å²) in [7, 11) is 0. The third-order valence-corrected chi connectivity index (χ3v) is 2.64. The summed E-state index contributed by atoms with van der Waals surface area (Å²) >= 11 is 0. The second-order valence-corrected chi connectivity index (χ2v) is 4.53. The largest absolute Gasteiger partial charge is 0.322 e. The average Bonchev–Trinajstić information content (AvgIpc) is 2.66. The van der Waals surface area contributed by atoms with E-state index in [0.717, 1.165) is 0 Å². The van der Waals surface area contributed by atoms with Crippen LogP contribution in [0.3, 0.4) is 0 Å². The first kappa shape index (κ1) is 12.7. The Hall–Kier alpha value is -1.36. The van der Waals surface area contributed by atoms with Gasteiger partial charge in [-0.15, -0.1) is 0 Å². The first-order valence-electron chi connectivity index (χ1n) is 5.51. The van der Waals surface area contributed by atoms with Gasteiger partial charge in [0, 0.05) is 12.2 Å². The summed E-state index contributed by atoms with van der Waals surface area (Å²) in [6, 6.07) is 0.279. The maximum atomic E-state index is 11.8. The van der Waals surface area contributed by atoms with Gasteiger partial charge in [-0.05, 0) is 27.2 Å². The van der Waals surface area contributed by atoms with Crippen LogP contribution in [0.15, 0.2) is 12.4 Å². The van der Waals surface area contributed by atoms with E-state index in [9.17, 15) is 4.79 Å². The molecule has 0 spiro atoms. The topological polar surface area (TPSA) is 72.9 Å². The fourth-order valence-electron chi connectivity index (χ4n) is 1.12. The second-order valence-electron chi connectivity index (χ2n) is 4.53. The third-order valence-electron chi connectivity index (χ3n) is 2.64. The molecule has 16 heavy (non-hydrogen) atoms. The molecular weight excluding hydrogens is 204 g/mol. The van der Waals surface area contributed by atoms with Crippen molar-refractivity contribution < 1.29 is 4.79 Å². The van der Waals surface area contributed by atoms with Crippen molar-refractivity contribution in [1.82, 2.24) is 9.78 Å². The van der Waals surface area contributed by atoms with Crippen molar-refractivity contribution >= 4 is 11.6 Å². The molecule has 1 heterocycles. The number of hydrogen-bond acceptors (Lipinski definition) is 3. The molecule has 1 rings (SSSR count). The normalized spacial score (nSPS) is 14.9. The van der Waals surface area contributed by atoms with E-state index in [1.54, 1.807) is 24.0 Å². The molecule has 1 aromatic rings. The Balaban J connectivity index is 2.70. The molecule has 0 aliphatic rings. The summed E-state index contributed by atoms with van der Waals surface area (Å²) in [5.74, 6) is -0.182. The van der Waals surface area contributed by atoms with Crippen LogP contribution in [0.25, 0.3) is 0 Å². The van der Waals surface area contributed by atoms with Gasteiger partial charge in [-0.2, -0.15) is 5.10 Å². The monoisotopic (exact) mass is 224 g/mol. The van der Waals surface area contributed by atoms with Crippen LogP contribution >= 0.6 is 0 Å². The lowest BCUT2D eigenvalue weighted by molar-refractivity contribution is -0.120. The van der Waals surface area contributed by atoms with Gasteiger partial charge < -0.3 is 11.1 Å². The van der Waals surface area contributed by atoms with E-state index in [2.05, 4.69) is 10.4 Å². The lowest BCUT2D eigenvalue weighted by Crippen LogP contribution is -2.47. The Morgan fingerprint density at radius 2 is 2.31 bits per heavy atom. The number of anilines is 1. The van der Waals surface area contributed by atoms with Crippen molar-refractivity contribution in [3.63, 3.8) is 0 Å². The highest BCUT2D eigenvalue weighted by atomic mass is 16.2. The van der Waals surface area contributed by atoms with E-state index in [1.807, 2.05) is 20.8 Å². The van der Waals surface area contributed by atoms with Gasteiger partial charge in [0.05, 0.1) is 17.4 Å². The van der Waals surface area contributed by atoms with E-state index >= 15 is 0 Å². The van der Waals surface area contributed by atoms with Gasteiger partial charge in [0.2, 0.25) is 5.91 Å². The molecule has 3 N–H and O–H groups in total. The number of nitrogens with two attached hydrogens (primary N) is 1. The van der Waals surface area contributed by atoms with E-state index in [1.165, 1.54) is 0 Å². The Bertz CT molecular complexity index is 368. The van der Waals surface area contributed by atoms with Crippen LogP contribution < -0.4 is 11.1 Å². The molecule has 1 unspecified atom stereocenters. The number of aromatic nitrogens is 2. The Morgan fingerprint density at radius 3 is 2.75 bits per heavy atom. The molecule has 0 aliphatic heterocycles. The second kappa shape index (κ2) is 4.65. The van der Waals surface area contributed by atoms with Crippen molar-refractivity contribution in [3.05, 3.63) is 12.4 Å². The fraction of sp³-hybridized carbons (Fsp3) is 0.636. The molecule has 1 aromatic heterocycles. The number of nitrogens with zero attached hydrogens (tertiary/aromatic N) is 2. The summed E-state index contributed by atoms with van der Waals surface area (Å²) in [4.78, 5) is 11.8. The highest BCUT2D eigenvalue weighted by molar-refractivity contribution is 5.97. The predicted octanol–water partition coefficient (Wildman–Crippen LogP) is 1.53. The molecule has 90 valence electrons. The number of amides is 1. The van der Waals surface area contributed by atoms with Gasteiger partial charge in [0.15, 0.2) is 0 Å². The quantitative estimate of drug-likeness (QED) is 0.814. The van der Waals surface area contributed by atoms with Crippen molar-refractivity contribution in [2.45, 2.75) is 45.7 Å². The van der Waals surface area contributed by atoms with Crippen LogP contribution in [0.5, 0.6) is 0 Å². The summed E-state index contributed by atoms with van der Waals surface area (Å²) in [6.45, 7) is 7.65. The molecule has 0 aliphatic carbocycles. The molecule has 0 aromatic carbocycles. The minimum atomic E-state index is -0.833. The number of carbonyl (C=O) groups is 1. The van der Waals surface area contributed by atoms with Crippen molar-refractivity contribution in [2.75, 3.05) is 5.32 Å². The maximum absolute atomic E-state index is 11.8. The van der Waals surface area contributed by atoms with Crippen LogP contribution in [-0.4, -0.2) is 21.2 Å². The highest BCUT2D eigenvalue weighted by Gasteiger charge is 2.26. The van der Waals surface area contributed by atoms with Gasteiger partial charge >= 0.3 is 0 Å². The van der Waals surface area contributed by atoms with E-state index in [0.29, 0.717) is 12.1 Å². The predicted molar refractivity (Wildman–Crippen MR) is 64.1 cm³/mol. The highest BCUT2D eigenvalue weighted by Crippen LogP contribution is 2.13. The minimum Gasteiger partial charge on any atom is -0.322 e. The summed E-state index contributed by atoms with van der Waals surface area (Å²) < 4.78 is 1.79. The summed E-state index contributed by atoms with van der Waals surface area (Å²) in [5.41, 5.74) is 5.69. The van der Waals surface area contributed by atoms with Crippen LogP contribution in [0, 0.1) is 0 Å². The molecule has 0 fully saturated rings. The Morgan fingerprint density at radius 1 is 1.69 bits per heavy atom. The molecule has 5 heteroatoms. The van der Waals surface area contributed by atoms with Crippen molar-refractivity contribution in [1.29, 1.82) is 0 Å². The fourth-order valence-corrected chi connectivity index (χ4v) is 1.12. The summed E-state index contributed by atoms with van der Waals surface area (Å²) in [5, 5.41) is 6.90. The van der Waals surface area contributed by atoms with Crippen molar-refractivity contribution in [2.24, 2.45) is 5.73 Å². The zero-order valence-corrected chi connectivity index (χ0v) is 10.3. The molecule has 0 radical (unpaired) electrons. The smallest absolute Gasteiger partial charge is 0.244 e. The molecule has 0 saturated carbocycles. The number of hydrogen-bond donors (Lipinski definition) is 2. The first-order chi connectivity index (χ1) is 7.36. The lowest BCUT2D eigenvalue weighted by Gasteiger charge is -2.20. The zero-order valence-electron chi connectivity index (χ0n) is 10.3. The van der Waals surface area contributed by atoms with Gasteiger partial charge in [-0.1, -0.05) is 6.92 Å². The van der Waals surface area contributed by atoms with E-state index < -0.39 is 5.54 Å². The van der Waals surface area contributed by atoms with Crippen molar-refractivity contribution in [3.8, 4) is 0 Å². The lowest BCUT2D eigenvalue weighted by atomic mass is 9.99. The van der Waals surface area contributed by atoms with Crippen LogP contribution in [0.2, 0.25) is 0 Å². The molecule has 5 nitrogen and oxygen atoms in total. The maximum Gasteiger partial charge on any atom is 0.244 e. The number of rotatable bonds is 4. The third kappa shape index (κ3) is 2.82. The minimum absolute atomic E-state index is 0.182. The first-order valence-corrected chi connectivity index (χ1v) is 5.51. The van der Waals surface area contributed by atoms with Crippen LogP contribution in [-0.2, 0) is 4.79 Å². The van der Waals surface area contributed by atoms with Crippen LogP contribution in [0.1, 0.15) is 40.2 Å². The number of carbonyl (C=O) groups excluding carboxylic acids is 1.